The maximum Gasteiger partial charge on any atom is 0.0503 e. The van der Waals surface area contributed by atoms with Crippen LogP contribution in [0.4, 0.5) is 0 Å². The fourth-order valence-corrected chi connectivity index (χ4v) is 2.67. The first-order valence-corrected chi connectivity index (χ1v) is 5.83. The maximum absolute atomic E-state index is 5.20. The predicted molar refractivity (Wildman–Crippen MR) is 57.4 cm³/mol. The largest absolute Gasteiger partial charge is 0.384 e. The first-order valence-electron chi connectivity index (χ1n) is 5.83. The molecule has 0 aliphatic carbocycles. The van der Waals surface area contributed by atoms with Crippen molar-refractivity contribution in [2.45, 2.75) is 25.3 Å². The van der Waals surface area contributed by atoms with Gasteiger partial charge in [0.05, 0.1) is 6.61 Å². The number of ether oxygens (including phenoxy) is 1. The number of methoxy groups -OCH3 is 1. The number of nitrogens with zero attached hydrogens (tertiary/aromatic N) is 1. The molecule has 1 unspecified atom stereocenters. The monoisotopic (exact) mass is 198 g/mol. The van der Waals surface area contributed by atoms with Gasteiger partial charge in [0.2, 0.25) is 0 Å². The van der Waals surface area contributed by atoms with E-state index < -0.39 is 0 Å². The standard InChI is InChI=1S/C11H22N2O/c1-14-9-10-4-6-13(7-10)8-11-3-2-5-12-11/h10-12H,2-9H2,1H3/t10?,11-/m1/s1. The Labute approximate surface area is 86.8 Å². The van der Waals surface area contributed by atoms with Crippen LogP contribution in [0, 0.1) is 5.92 Å². The van der Waals surface area contributed by atoms with E-state index >= 15 is 0 Å². The van der Waals surface area contributed by atoms with Gasteiger partial charge in [0, 0.05) is 26.2 Å². The molecule has 0 spiro atoms. The second kappa shape index (κ2) is 5.10. The lowest BCUT2D eigenvalue weighted by molar-refractivity contribution is 0.152. The summed E-state index contributed by atoms with van der Waals surface area (Å²) in [5.41, 5.74) is 0. The van der Waals surface area contributed by atoms with E-state index in [0.717, 1.165) is 18.6 Å². The van der Waals surface area contributed by atoms with Crippen LogP contribution < -0.4 is 5.32 Å². The summed E-state index contributed by atoms with van der Waals surface area (Å²) in [6, 6.07) is 0.760. The third kappa shape index (κ3) is 2.69. The van der Waals surface area contributed by atoms with Crippen LogP contribution in [0.3, 0.4) is 0 Å². The van der Waals surface area contributed by atoms with Gasteiger partial charge >= 0.3 is 0 Å². The van der Waals surface area contributed by atoms with E-state index in [1.807, 2.05) is 0 Å². The van der Waals surface area contributed by atoms with Gasteiger partial charge in [-0.3, -0.25) is 0 Å². The molecule has 2 saturated heterocycles. The van der Waals surface area contributed by atoms with Gasteiger partial charge in [-0.1, -0.05) is 0 Å². The van der Waals surface area contributed by atoms with Crippen LogP contribution in [0.2, 0.25) is 0 Å². The number of rotatable bonds is 4. The van der Waals surface area contributed by atoms with Crippen molar-refractivity contribution in [1.82, 2.24) is 10.2 Å². The average molecular weight is 198 g/mol. The Hall–Kier alpha value is -0.120. The molecule has 0 aromatic rings. The minimum absolute atomic E-state index is 0.760. The third-order valence-electron chi connectivity index (χ3n) is 3.41. The molecule has 0 aromatic carbocycles. The van der Waals surface area contributed by atoms with E-state index in [2.05, 4.69) is 10.2 Å². The van der Waals surface area contributed by atoms with Crippen molar-refractivity contribution < 1.29 is 4.74 Å². The topological polar surface area (TPSA) is 24.5 Å². The van der Waals surface area contributed by atoms with Crippen LogP contribution in [-0.2, 0) is 4.74 Å². The molecule has 2 aliphatic heterocycles. The van der Waals surface area contributed by atoms with Gasteiger partial charge in [-0.2, -0.15) is 0 Å². The SMILES string of the molecule is COCC1CCN(C[C@H]2CCCN2)C1. The van der Waals surface area contributed by atoms with E-state index in [1.165, 1.54) is 45.4 Å². The van der Waals surface area contributed by atoms with Crippen molar-refractivity contribution in [2.75, 3.05) is 39.9 Å². The number of hydrogen-bond acceptors (Lipinski definition) is 3. The van der Waals surface area contributed by atoms with Gasteiger partial charge in [-0.25, -0.2) is 0 Å². The Balaban J connectivity index is 1.67. The molecule has 1 N–H and O–H groups in total. The molecule has 2 fully saturated rings. The molecular formula is C11H22N2O. The second-order valence-corrected chi connectivity index (χ2v) is 4.66. The lowest BCUT2D eigenvalue weighted by Crippen LogP contribution is -2.36. The van der Waals surface area contributed by atoms with Crippen LogP contribution in [-0.4, -0.2) is 50.8 Å². The van der Waals surface area contributed by atoms with Crippen molar-refractivity contribution in [1.29, 1.82) is 0 Å². The summed E-state index contributed by atoms with van der Waals surface area (Å²) in [7, 11) is 1.81. The summed E-state index contributed by atoms with van der Waals surface area (Å²) in [6.07, 6.45) is 4.05. The zero-order valence-corrected chi connectivity index (χ0v) is 9.17. The Morgan fingerprint density at radius 2 is 2.36 bits per heavy atom. The smallest absolute Gasteiger partial charge is 0.0503 e. The third-order valence-corrected chi connectivity index (χ3v) is 3.41. The van der Waals surface area contributed by atoms with Gasteiger partial charge in [-0.05, 0) is 38.3 Å². The summed E-state index contributed by atoms with van der Waals surface area (Å²) in [4.78, 5) is 2.59. The van der Waals surface area contributed by atoms with E-state index in [4.69, 9.17) is 4.74 Å². The molecule has 14 heavy (non-hydrogen) atoms. The van der Waals surface area contributed by atoms with Gasteiger partial charge < -0.3 is 15.0 Å². The molecule has 0 radical (unpaired) electrons. The first kappa shape index (κ1) is 10.4. The van der Waals surface area contributed by atoms with Crippen LogP contribution in [0.25, 0.3) is 0 Å². The predicted octanol–water partition coefficient (Wildman–Crippen LogP) is 0.707. The van der Waals surface area contributed by atoms with E-state index in [1.54, 1.807) is 7.11 Å². The Kier molecular flexibility index (Phi) is 3.79. The summed E-state index contributed by atoms with van der Waals surface area (Å²) < 4.78 is 5.20. The fraction of sp³-hybridized carbons (Fsp3) is 1.00. The summed E-state index contributed by atoms with van der Waals surface area (Å²) in [5, 5.41) is 3.56. The van der Waals surface area contributed by atoms with Gasteiger partial charge in [0.15, 0.2) is 0 Å². The summed E-state index contributed by atoms with van der Waals surface area (Å²) in [5.74, 6) is 0.779. The van der Waals surface area contributed by atoms with Crippen LogP contribution in [0.1, 0.15) is 19.3 Å². The average Bonchev–Trinajstić information content (AvgIpc) is 2.79. The van der Waals surface area contributed by atoms with Crippen molar-refractivity contribution in [3.8, 4) is 0 Å². The number of nitrogens with one attached hydrogen (secondary N) is 1. The molecule has 3 nitrogen and oxygen atoms in total. The molecule has 0 amide bonds. The zero-order valence-electron chi connectivity index (χ0n) is 9.17. The molecule has 2 aliphatic rings. The van der Waals surface area contributed by atoms with Crippen LogP contribution in [0.5, 0.6) is 0 Å². The number of likely N-dealkylation sites (tertiary alicyclic amines) is 1. The molecule has 0 bridgehead atoms. The summed E-state index contributed by atoms with van der Waals surface area (Å²) >= 11 is 0. The molecule has 0 saturated carbocycles. The minimum atomic E-state index is 0.760. The lowest BCUT2D eigenvalue weighted by atomic mass is 10.1. The van der Waals surface area contributed by atoms with Crippen molar-refractivity contribution >= 4 is 0 Å². The van der Waals surface area contributed by atoms with Crippen molar-refractivity contribution in [2.24, 2.45) is 5.92 Å². The second-order valence-electron chi connectivity index (χ2n) is 4.66. The zero-order chi connectivity index (χ0) is 9.80. The highest BCUT2D eigenvalue weighted by molar-refractivity contribution is 4.82. The van der Waals surface area contributed by atoms with Gasteiger partial charge in [0.25, 0.3) is 0 Å². The van der Waals surface area contributed by atoms with E-state index in [0.29, 0.717) is 0 Å². The van der Waals surface area contributed by atoms with Crippen molar-refractivity contribution in [3.63, 3.8) is 0 Å². The Bertz CT molecular complexity index is 169. The first-order chi connectivity index (χ1) is 6.88. The highest BCUT2D eigenvalue weighted by Gasteiger charge is 2.25. The van der Waals surface area contributed by atoms with E-state index in [9.17, 15) is 0 Å². The van der Waals surface area contributed by atoms with E-state index in [-0.39, 0.29) is 0 Å². The maximum atomic E-state index is 5.20. The number of hydrogen-bond donors (Lipinski definition) is 1. The molecule has 3 heteroatoms. The van der Waals surface area contributed by atoms with Crippen molar-refractivity contribution in [3.05, 3.63) is 0 Å². The summed E-state index contributed by atoms with van der Waals surface area (Å²) in [6.45, 7) is 5.92. The molecule has 0 aromatic heterocycles. The van der Waals surface area contributed by atoms with Crippen LogP contribution in [0.15, 0.2) is 0 Å². The molecule has 2 heterocycles. The van der Waals surface area contributed by atoms with Gasteiger partial charge in [-0.15, -0.1) is 0 Å². The molecule has 82 valence electrons. The quantitative estimate of drug-likeness (QED) is 0.720. The molecular weight excluding hydrogens is 176 g/mol. The van der Waals surface area contributed by atoms with Crippen LogP contribution >= 0.6 is 0 Å². The fourth-order valence-electron chi connectivity index (χ4n) is 2.67. The van der Waals surface area contributed by atoms with Gasteiger partial charge in [0.1, 0.15) is 0 Å². The lowest BCUT2D eigenvalue weighted by Gasteiger charge is -2.20. The minimum Gasteiger partial charge on any atom is -0.384 e. The highest BCUT2D eigenvalue weighted by atomic mass is 16.5. The molecule has 2 rings (SSSR count). The molecule has 2 atom stereocenters. The highest BCUT2D eigenvalue weighted by Crippen LogP contribution is 2.18. The normalized spacial score (nSPS) is 34.1. The Morgan fingerprint density at radius 1 is 1.43 bits per heavy atom. The Morgan fingerprint density at radius 3 is 3.07 bits per heavy atom.